The predicted octanol–water partition coefficient (Wildman–Crippen LogP) is 15.3. The van der Waals surface area contributed by atoms with Gasteiger partial charge < -0.3 is 5.11 Å². The molecular formula is C57H51N3O. The molecule has 7 aromatic carbocycles. The SMILES string of the molecule is [2H]C([2H])([2H])c1cc(-c2cc(C(C)C)cc(C([2H])(C)C)c2)ccc1-n1c(-c2cc(C)cc(C)c2O)nc2c(-c3cc(-c4ccccc4)cc(-c4cc(-c5ccccc5)ccn4)c3)cccc21. The van der Waals surface area contributed by atoms with Crippen LogP contribution in [-0.2, 0) is 0 Å². The van der Waals surface area contributed by atoms with Gasteiger partial charge in [-0.2, -0.15) is 0 Å². The third kappa shape index (κ3) is 7.66. The van der Waals surface area contributed by atoms with E-state index in [1.54, 1.807) is 6.07 Å². The van der Waals surface area contributed by atoms with E-state index < -0.39 is 12.7 Å². The second-order valence-corrected chi connectivity index (χ2v) is 16.6. The van der Waals surface area contributed by atoms with Crippen molar-refractivity contribution in [2.75, 3.05) is 0 Å². The van der Waals surface area contributed by atoms with Gasteiger partial charge in [0.05, 0.1) is 28.0 Å². The molecule has 0 aliphatic heterocycles. The summed E-state index contributed by atoms with van der Waals surface area (Å²) in [6, 6.07) is 52.8. The fraction of sp³-hybridized carbons (Fsp3) is 0.158. The van der Waals surface area contributed by atoms with Crippen molar-refractivity contribution in [3.63, 3.8) is 0 Å². The molecule has 0 saturated carbocycles. The number of aromatic hydroxyl groups is 1. The van der Waals surface area contributed by atoms with Crippen molar-refractivity contribution >= 4 is 11.0 Å². The summed E-state index contributed by atoms with van der Waals surface area (Å²) in [5, 5.41) is 11.8. The van der Waals surface area contributed by atoms with Crippen LogP contribution in [0.5, 0.6) is 5.75 Å². The molecule has 0 saturated heterocycles. The topological polar surface area (TPSA) is 50.9 Å². The third-order valence-corrected chi connectivity index (χ3v) is 11.7. The number of pyridine rings is 1. The van der Waals surface area contributed by atoms with Crippen LogP contribution in [0.3, 0.4) is 0 Å². The summed E-state index contributed by atoms with van der Waals surface area (Å²) in [7, 11) is 0. The molecule has 0 bridgehead atoms. The lowest BCUT2D eigenvalue weighted by Crippen LogP contribution is -2.01. The first-order chi connectivity index (χ1) is 31.0. The van der Waals surface area contributed by atoms with Crippen molar-refractivity contribution in [2.24, 2.45) is 0 Å². The van der Waals surface area contributed by atoms with Crippen molar-refractivity contribution in [1.29, 1.82) is 0 Å². The van der Waals surface area contributed by atoms with Crippen LogP contribution in [0, 0.1) is 20.7 Å². The van der Waals surface area contributed by atoms with E-state index in [4.69, 9.17) is 15.5 Å². The highest BCUT2D eigenvalue weighted by molar-refractivity contribution is 5.98. The maximum Gasteiger partial charge on any atom is 0.149 e. The van der Waals surface area contributed by atoms with Crippen LogP contribution in [0.15, 0.2) is 164 Å². The van der Waals surface area contributed by atoms with Gasteiger partial charge in [-0.15, -0.1) is 0 Å². The molecule has 0 unspecified atom stereocenters. The van der Waals surface area contributed by atoms with Gasteiger partial charge in [-0.05, 0) is 154 Å². The molecule has 0 radical (unpaired) electrons. The number of para-hydroxylation sites is 1. The van der Waals surface area contributed by atoms with Crippen molar-refractivity contribution in [2.45, 2.75) is 60.2 Å². The van der Waals surface area contributed by atoms with E-state index in [-0.39, 0.29) is 17.2 Å². The van der Waals surface area contributed by atoms with Gasteiger partial charge in [0.2, 0.25) is 0 Å². The first kappa shape index (κ1) is 34.8. The lowest BCUT2D eigenvalue weighted by Gasteiger charge is -2.17. The second kappa shape index (κ2) is 16.2. The maximum absolute atomic E-state index is 11.8. The Morgan fingerprint density at radius 1 is 0.557 bits per heavy atom. The van der Waals surface area contributed by atoms with Gasteiger partial charge in [0.25, 0.3) is 0 Å². The number of aromatic nitrogens is 3. The Morgan fingerprint density at radius 3 is 1.95 bits per heavy atom. The summed E-state index contributed by atoms with van der Waals surface area (Å²) in [4.78, 5) is 10.3. The van der Waals surface area contributed by atoms with Gasteiger partial charge in [-0.25, -0.2) is 4.98 Å². The average molecular weight is 798 g/mol. The molecule has 0 spiro atoms. The van der Waals surface area contributed by atoms with Crippen LogP contribution in [-0.4, -0.2) is 19.6 Å². The highest BCUT2D eigenvalue weighted by Gasteiger charge is 2.23. The van der Waals surface area contributed by atoms with E-state index >= 15 is 0 Å². The zero-order chi connectivity index (χ0) is 45.8. The summed E-state index contributed by atoms with van der Waals surface area (Å²) < 4.78 is 37.8. The van der Waals surface area contributed by atoms with Crippen LogP contribution in [0.4, 0.5) is 0 Å². The second-order valence-electron chi connectivity index (χ2n) is 16.6. The van der Waals surface area contributed by atoms with E-state index in [0.29, 0.717) is 33.7 Å². The fourth-order valence-corrected chi connectivity index (χ4v) is 8.36. The lowest BCUT2D eigenvalue weighted by atomic mass is 9.90. The first-order valence-corrected chi connectivity index (χ1v) is 20.9. The Kier molecular flexibility index (Phi) is 9.24. The van der Waals surface area contributed by atoms with Gasteiger partial charge in [0.1, 0.15) is 11.6 Å². The van der Waals surface area contributed by atoms with Gasteiger partial charge >= 0.3 is 0 Å². The zero-order valence-corrected chi connectivity index (χ0v) is 35.5. The molecule has 300 valence electrons. The van der Waals surface area contributed by atoms with E-state index in [1.807, 2.05) is 129 Å². The molecule has 4 nitrogen and oxygen atoms in total. The molecule has 9 aromatic rings. The summed E-state index contributed by atoms with van der Waals surface area (Å²) in [6.45, 7) is 9.29. The summed E-state index contributed by atoms with van der Waals surface area (Å²) in [5.74, 6) is -0.148. The minimum Gasteiger partial charge on any atom is -0.507 e. The third-order valence-electron chi connectivity index (χ3n) is 11.7. The highest BCUT2D eigenvalue weighted by Crippen LogP contribution is 2.42. The number of benzene rings is 7. The molecule has 1 N–H and O–H groups in total. The number of imidazole rings is 1. The summed E-state index contributed by atoms with van der Waals surface area (Å²) in [5.41, 5.74) is 15.3. The number of phenols is 1. The Balaban J connectivity index is 1.30. The molecule has 0 amide bonds. The lowest BCUT2D eigenvalue weighted by molar-refractivity contribution is 0.472. The molecule has 0 atom stereocenters. The summed E-state index contributed by atoms with van der Waals surface area (Å²) >= 11 is 0. The van der Waals surface area contributed by atoms with E-state index in [2.05, 4.69) is 74.5 Å². The molecular weight excluding hydrogens is 743 g/mol. The number of phenolic OH excluding ortho intramolecular Hbond substituents is 1. The highest BCUT2D eigenvalue weighted by atomic mass is 16.3. The normalized spacial score (nSPS) is 12.9. The Labute approximate surface area is 365 Å². The Morgan fingerprint density at radius 2 is 1.23 bits per heavy atom. The number of aryl methyl sites for hydroxylation is 3. The number of rotatable bonds is 9. The van der Waals surface area contributed by atoms with E-state index in [1.165, 1.54) is 0 Å². The van der Waals surface area contributed by atoms with Crippen molar-refractivity contribution in [3.05, 3.63) is 192 Å². The first-order valence-electron chi connectivity index (χ1n) is 22.9. The standard InChI is InChI=1S/C57H51N3O/c1-35(2)44-28-45(36(3)4)30-47(29-44)42-21-22-53(38(6)27-42)60-54-20-14-19-50(55(54)59-57(60)51-26-37(5)25-39(7)56(51)61)48-31-46(41-17-12-9-13-18-41)32-49(33-48)52-34-43(23-24-58-52)40-15-10-8-11-16-40/h8-36,61H,1-7H3/i6D3,35D. The van der Waals surface area contributed by atoms with Crippen molar-refractivity contribution < 1.29 is 10.6 Å². The molecule has 4 heteroatoms. The Bertz CT molecular complexity index is 3240. The minimum atomic E-state index is -2.53. The zero-order valence-electron chi connectivity index (χ0n) is 39.5. The minimum absolute atomic E-state index is 0.0783. The van der Waals surface area contributed by atoms with Crippen LogP contribution >= 0.6 is 0 Å². The smallest absolute Gasteiger partial charge is 0.149 e. The molecule has 2 heterocycles. The van der Waals surface area contributed by atoms with Crippen LogP contribution < -0.4 is 0 Å². The number of fused-ring (bicyclic) bond motifs is 1. The quantitative estimate of drug-likeness (QED) is 0.158. The van der Waals surface area contributed by atoms with Crippen LogP contribution in [0.2, 0.25) is 0 Å². The Hall–Kier alpha value is -7.04. The van der Waals surface area contributed by atoms with Gasteiger partial charge in [-0.3, -0.25) is 9.55 Å². The molecule has 9 rings (SSSR count). The largest absolute Gasteiger partial charge is 0.507 e. The molecule has 61 heavy (non-hydrogen) atoms. The van der Waals surface area contributed by atoms with Gasteiger partial charge in [-0.1, -0.05) is 131 Å². The van der Waals surface area contributed by atoms with Gasteiger partial charge in [0.15, 0.2) is 0 Å². The van der Waals surface area contributed by atoms with E-state index in [9.17, 15) is 5.11 Å². The molecule has 0 aliphatic carbocycles. The van der Waals surface area contributed by atoms with Crippen LogP contribution in [0.25, 0.3) is 83.9 Å². The predicted molar refractivity (Wildman–Crippen MR) is 256 cm³/mol. The number of hydrogen-bond acceptors (Lipinski definition) is 3. The number of nitrogens with zero attached hydrogens (tertiary/aromatic N) is 3. The molecule has 0 fully saturated rings. The monoisotopic (exact) mass is 797 g/mol. The number of hydrogen-bond donors (Lipinski definition) is 1. The van der Waals surface area contributed by atoms with Crippen molar-refractivity contribution in [1.82, 2.24) is 14.5 Å². The van der Waals surface area contributed by atoms with E-state index in [0.717, 1.165) is 72.5 Å². The summed E-state index contributed by atoms with van der Waals surface area (Å²) in [6.07, 6.45) is 1.85. The average Bonchev–Trinajstić information content (AvgIpc) is 3.69. The molecule has 2 aromatic heterocycles. The van der Waals surface area contributed by atoms with Crippen LogP contribution in [0.1, 0.15) is 72.8 Å². The molecule has 0 aliphatic rings. The van der Waals surface area contributed by atoms with Crippen molar-refractivity contribution in [3.8, 4) is 78.6 Å². The van der Waals surface area contributed by atoms with Gasteiger partial charge in [0, 0.05) is 22.8 Å². The fourth-order valence-electron chi connectivity index (χ4n) is 8.36. The maximum atomic E-state index is 11.8.